The van der Waals surface area contributed by atoms with Gasteiger partial charge in [-0.2, -0.15) is 0 Å². The minimum atomic E-state index is -0.193. The molecule has 0 saturated heterocycles. The average Bonchev–Trinajstić information content (AvgIpc) is 2.69. The molecule has 17 heavy (non-hydrogen) atoms. The molecule has 4 heteroatoms. The molecule has 0 aliphatic carbocycles. The van der Waals surface area contributed by atoms with Crippen LogP contribution in [0.1, 0.15) is 6.92 Å². The van der Waals surface area contributed by atoms with E-state index in [2.05, 4.69) is 15.2 Å². The van der Waals surface area contributed by atoms with Crippen molar-refractivity contribution < 1.29 is 4.79 Å². The largest absolute Gasteiger partial charge is 0.351 e. The topological polar surface area (TPSA) is 46.1 Å². The lowest BCUT2D eigenvalue weighted by molar-refractivity contribution is -0.117. The smallest absolute Gasteiger partial charge is 0.241 e. The van der Waals surface area contributed by atoms with E-state index >= 15 is 0 Å². The summed E-state index contributed by atoms with van der Waals surface area (Å²) in [5.41, 5.74) is 1.99. The van der Waals surface area contributed by atoms with Gasteiger partial charge in [0.1, 0.15) is 0 Å². The molecule has 2 rings (SSSR count). The first-order valence-electron chi connectivity index (χ1n) is 5.65. The van der Waals surface area contributed by atoms with Crippen molar-refractivity contribution in [3.8, 4) is 0 Å². The maximum absolute atomic E-state index is 11.7. The maximum Gasteiger partial charge on any atom is 0.241 e. The van der Waals surface area contributed by atoms with Crippen LogP contribution in [-0.4, -0.2) is 23.6 Å². The second-order valence-corrected chi connectivity index (χ2v) is 4.20. The van der Waals surface area contributed by atoms with Crippen molar-refractivity contribution >= 4 is 22.5 Å². The van der Waals surface area contributed by atoms with Gasteiger partial charge >= 0.3 is 0 Å². The molecule has 0 spiro atoms. The van der Waals surface area contributed by atoms with Crippen LogP contribution in [-0.2, 0) is 11.8 Å². The molecule has 1 atom stereocenters. The Hall–Kier alpha value is -1.81. The summed E-state index contributed by atoms with van der Waals surface area (Å²) in [5.74, 6) is -0.0252. The SMILES string of the molecule is CNC(C)C(=O)Nc1ccc2c(ccn2C)c1. The van der Waals surface area contributed by atoms with Crippen LogP contribution in [0.5, 0.6) is 0 Å². The van der Waals surface area contributed by atoms with Gasteiger partial charge in [0, 0.05) is 29.8 Å². The molecule has 4 nitrogen and oxygen atoms in total. The third kappa shape index (κ3) is 2.31. The molecule has 1 aromatic carbocycles. The van der Waals surface area contributed by atoms with Gasteiger partial charge in [0.05, 0.1) is 6.04 Å². The van der Waals surface area contributed by atoms with Crippen LogP contribution in [0.25, 0.3) is 10.9 Å². The molecule has 2 N–H and O–H groups in total. The van der Waals surface area contributed by atoms with Gasteiger partial charge in [0.15, 0.2) is 0 Å². The molecule has 1 amide bonds. The molecular weight excluding hydrogens is 214 g/mol. The molecule has 1 unspecified atom stereocenters. The number of carbonyl (C=O) groups is 1. The second-order valence-electron chi connectivity index (χ2n) is 4.20. The number of benzene rings is 1. The fraction of sp³-hybridized carbons (Fsp3) is 0.308. The van der Waals surface area contributed by atoms with E-state index in [0.29, 0.717) is 0 Å². The molecule has 0 bridgehead atoms. The normalized spacial score (nSPS) is 12.6. The Morgan fingerprint density at radius 3 is 2.82 bits per heavy atom. The summed E-state index contributed by atoms with van der Waals surface area (Å²) in [4.78, 5) is 11.7. The van der Waals surface area contributed by atoms with E-state index in [0.717, 1.165) is 16.6 Å². The predicted molar refractivity (Wildman–Crippen MR) is 70.1 cm³/mol. The van der Waals surface area contributed by atoms with E-state index in [1.54, 1.807) is 7.05 Å². The number of hydrogen-bond acceptors (Lipinski definition) is 2. The van der Waals surface area contributed by atoms with Crippen LogP contribution < -0.4 is 10.6 Å². The number of aryl methyl sites for hydroxylation is 1. The monoisotopic (exact) mass is 231 g/mol. The van der Waals surface area contributed by atoms with Crippen LogP contribution in [0, 0.1) is 0 Å². The lowest BCUT2D eigenvalue weighted by Gasteiger charge is -2.11. The van der Waals surface area contributed by atoms with Gasteiger partial charge in [-0.1, -0.05) is 0 Å². The summed E-state index contributed by atoms with van der Waals surface area (Å²) < 4.78 is 2.05. The number of hydrogen-bond donors (Lipinski definition) is 2. The Bertz CT molecular complexity index is 545. The van der Waals surface area contributed by atoms with Gasteiger partial charge in [0.25, 0.3) is 0 Å². The first-order valence-corrected chi connectivity index (χ1v) is 5.65. The number of anilines is 1. The van der Waals surface area contributed by atoms with Gasteiger partial charge in [-0.25, -0.2) is 0 Å². The van der Waals surface area contributed by atoms with E-state index in [9.17, 15) is 4.79 Å². The second kappa shape index (κ2) is 4.59. The summed E-state index contributed by atoms with van der Waals surface area (Å²) in [6, 6.07) is 7.75. The minimum absolute atomic E-state index is 0.0252. The number of fused-ring (bicyclic) bond motifs is 1. The average molecular weight is 231 g/mol. The highest BCUT2D eigenvalue weighted by Crippen LogP contribution is 2.19. The zero-order valence-electron chi connectivity index (χ0n) is 10.3. The molecule has 90 valence electrons. The molecule has 0 aliphatic rings. The summed E-state index contributed by atoms with van der Waals surface area (Å²) in [6.45, 7) is 1.83. The van der Waals surface area contributed by atoms with Gasteiger partial charge in [-0.05, 0) is 38.2 Å². The number of nitrogens with zero attached hydrogens (tertiary/aromatic N) is 1. The summed E-state index contributed by atoms with van der Waals surface area (Å²) in [7, 11) is 3.77. The van der Waals surface area contributed by atoms with Crippen LogP contribution in [0.2, 0.25) is 0 Å². The Balaban J connectivity index is 2.22. The molecule has 1 aromatic heterocycles. The lowest BCUT2D eigenvalue weighted by Crippen LogP contribution is -2.35. The van der Waals surface area contributed by atoms with Gasteiger partial charge < -0.3 is 15.2 Å². The molecule has 1 heterocycles. The minimum Gasteiger partial charge on any atom is -0.351 e. The third-order valence-electron chi connectivity index (χ3n) is 2.98. The zero-order valence-corrected chi connectivity index (χ0v) is 10.3. The first kappa shape index (κ1) is 11.7. The van der Waals surface area contributed by atoms with E-state index in [-0.39, 0.29) is 11.9 Å². The molecule has 0 radical (unpaired) electrons. The number of aromatic nitrogens is 1. The lowest BCUT2D eigenvalue weighted by atomic mass is 10.2. The Morgan fingerprint density at radius 1 is 1.35 bits per heavy atom. The van der Waals surface area contributed by atoms with Crippen molar-refractivity contribution in [2.45, 2.75) is 13.0 Å². The van der Waals surface area contributed by atoms with Crippen LogP contribution >= 0.6 is 0 Å². The van der Waals surface area contributed by atoms with Gasteiger partial charge in [0.2, 0.25) is 5.91 Å². The zero-order chi connectivity index (χ0) is 12.4. The number of nitrogens with one attached hydrogen (secondary N) is 2. The van der Waals surface area contributed by atoms with Crippen molar-refractivity contribution in [3.63, 3.8) is 0 Å². The van der Waals surface area contributed by atoms with E-state index in [1.807, 2.05) is 44.4 Å². The van der Waals surface area contributed by atoms with Crippen molar-refractivity contribution in [1.29, 1.82) is 0 Å². The Morgan fingerprint density at radius 2 is 2.12 bits per heavy atom. The first-order chi connectivity index (χ1) is 8.11. The number of amides is 1. The number of rotatable bonds is 3. The van der Waals surface area contributed by atoms with E-state index < -0.39 is 0 Å². The number of carbonyl (C=O) groups excluding carboxylic acids is 1. The number of likely N-dealkylation sites (N-methyl/N-ethyl adjacent to an activating group) is 1. The summed E-state index contributed by atoms with van der Waals surface area (Å²) >= 11 is 0. The van der Waals surface area contributed by atoms with Crippen LogP contribution in [0.4, 0.5) is 5.69 Å². The highest BCUT2D eigenvalue weighted by Gasteiger charge is 2.10. The predicted octanol–water partition coefficient (Wildman–Crippen LogP) is 1.72. The quantitative estimate of drug-likeness (QED) is 0.845. The molecule has 0 aliphatic heterocycles. The maximum atomic E-state index is 11.7. The molecule has 0 fully saturated rings. The van der Waals surface area contributed by atoms with Crippen molar-refractivity contribution in [2.75, 3.05) is 12.4 Å². The molecule has 2 aromatic rings. The van der Waals surface area contributed by atoms with Crippen molar-refractivity contribution in [2.24, 2.45) is 7.05 Å². The highest BCUT2D eigenvalue weighted by molar-refractivity contribution is 5.96. The Kier molecular flexibility index (Phi) is 3.15. The fourth-order valence-corrected chi connectivity index (χ4v) is 1.74. The van der Waals surface area contributed by atoms with Crippen molar-refractivity contribution in [3.05, 3.63) is 30.5 Å². The molecule has 0 saturated carbocycles. The molecular formula is C13H17N3O. The highest BCUT2D eigenvalue weighted by atomic mass is 16.2. The fourth-order valence-electron chi connectivity index (χ4n) is 1.74. The van der Waals surface area contributed by atoms with Crippen molar-refractivity contribution in [1.82, 2.24) is 9.88 Å². The summed E-state index contributed by atoms with van der Waals surface area (Å²) in [5, 5.41) is 6.92. The standard InChI is InChI=1S/C13H17N3O/c1-9(14-2)13(17)15-11-4-5-12-10(8-11)6-7-16(12)3/h4-9,14H,1-3H3,(H,15,17). The third-order valence-corrected chi connectivity index (χ3v) is 2.98. The summed E-state index contributed by atoms with van der Waals surface area (Å²) in [6.07, 6.45) is 2.01. The van der Waals surface area contributed by atoms with Gasteiger partial charge in [-0.15, -0.1) is 0 Å². The van der Waals surface area contributed by atoms with Crippen LogP contribution in [0.3, 0.4) is 0 Å². The van der Waals surface area contributed by atoms with E-state index in [4.69, 9.17) is 0 Å². The van der Waals surface area contributed by atoms with Crippen LogP contribution in [0.15, 0.2) is 30.5 Å². The van der Waals surface area contributed by atoms with Gasteiger partial charge in [-0.3, -0.25) is 4.79 Å². The van der Waals surface area contributed by atoms with E-state index in [1.165, 1.54) is 0 Å². The Labute approximate surface area is 101 Å².